The molecule has 134 valence electrons. The van der Waals surface area contributed by atoms with Crippen LogP contribution in [0.2, 0.25) is 5.15 Å². The summed E-state index contributed by atoms with van der Waals surface area (Å²) in [5.74, 6) is -2.06. The predicted molar refractivity (Wildman–Crippen MR) is 103 cm³/mol. The Balaban J connectivity index is 1.84. The van der Waals surface area contributed by atoms with E-state index in [4.69, 9.17) is 11.6 Å². The van der Waals surface area contributed by atoms with Crippen molar-refractivity contribution in [2.45, 2.75) is 5.92 Å². The Bertz CT molecular complexity index is 1020. The van der Waals surface area contributed by atoms with Gasteiger partial charge in [0.15, 0.2) is 5.78 Å². The molecule has 0 bridgehead atoms. The number of hydrogen-bond donors (Lipinski definition) is 0. The maximum absolute atomic E-state index is 13.2. The quantitative estimate of drug-likeness (QED) is 0.285. The second kappa shape index (κ2) is 6.94. The molecule has 1 aliphatic heterocycles. The van der Waals surface area contributed by atoms with Gasteiger partial charge in [-0.3, -0.25) is 14.4 Å². The molecule has 0 aliphatic carbocycles. The zero-order valence-electron chi connectivity index (χ0n) is 13.8. The van der Waals surface area contributed by atoms with E-state index in [0.717, 1.165) is 0 Å². The number of halogens is 1. The van der Waals surface area contributed by atoms with Crippen molar-refractivity contribution in [1.82, 2.24) is 4.98 Å². The number of thiophene rings is 1. The number of carbonyl (C=O) groups excluding carboxylic acids is 3. The van der Waals surface area contributed by atoms with Crippen LogP contribution in [0.3, 0.4) is 0 Å². The van der Waals surface area contributed by atoms with E-state index in [-0.39, 0.29) is 16.6 Å². The van der Waals surface area contributed by atoms with Gasteiger partial charge in [-0.15, -0.1) is 11.3 Å². The number of rotatable bonds is 5. The van der Waals surface area contributed by atoms with Gasteiger partial charge in [0, 0.05) is 0 Å². The van der Waals surface area contributed by atoms with Crippen LogP contribution in [-0.2, 0) is 9.59 Å². The number of para-hydroxylation sites is 1. The highest BCUT2D eigenvalue weighted by Gasteiger charge is 2.46. The Hall–Kier alpha value is -3.03. The zero-order chi connectivity index (χ0) is 19.0. The smallest absolute Gasteiger partial charge is 0.263 e. The molecule has 27 heavy (non-hydrogen) atoms. The Morgan fingerprint density at radius 3 is 2.59 bits per heavy atom. The van der Waals surface area contributed by atoms with Crippen molar-refractivity contribution in [3.63, 3.8) is 0 Å². The molecule has 4 rings (SSSR count). The van der Waals surface area contributed by atoms with Gasteiger partial charge < -0.3 is 0 Å². The van der Waals surface area contributed by atoms with E-state index in [1.54, 1.807) is 53.9 Å². The fourth-order valence-electron chi connectivity index (χ4n) is 3.02. The summed E-state index contributed by atoms with van der Waals surface area (Å²) in [5.41, 5.74) is 1.09. The first kappa shape index (κ1) is 17.4. The summed E-state index contributed by atoms with van der Waals surface area (Å²) >= 11 is 7.26. The number of hydrazine groups is 1. The van der Waals surface area contributed by atoms with Crippen LogP contribution in [0.25, 0.3) is 0 Å². The van der Waals surface area contributed by atoms with E-state index >= 15 is 0 Å². The molecule has 2 aromatic heterocycles. The van der Waals surface area contributed by atoms with E-state index in [2.05, 4.69) is 4.98 Å². The molecule has 0 fully saturated rings. The summed E-state index contributed by atoms with van der Waals surface area (Å²) in [5, 5.41) is 4.28. The topological polar surface area (TPSA) is 70.6 Å². The number of hydrogen-bond acceptors (Lipinski definition) is 5. The number of pyridine rings is 1. The molecule has 3 aromatic rings. The lowest BCUT2D eigenvalue weighted by molar-refractivity contribution is -0.120. The zero-order valence-corrected chi connectivity index (χ0v) is 15.4. The molecule has 0 saturated heterocycles. The molecule has 1 aliphatic rings. The molecule has 0 radical (unpaired) electrons. The summed E-state index contributed by atoms with van der Waals surface area (Å²) in [6, 6.07) is 15.2. The maximum atomic E-state index is 13.2. The molecule has 1 aromatic carbocycles. The molecule has 6 nitrogen and oxygen atoms in total. The second-order valence-corrected chi connectivity index (χ2v) is 7.08. The van der Waals surface area contributed by atoms with Crippen molar-refractivity contribution in [2.75, 3.05) is 10.0 Å². The summed E-state index contributed by atoms with van der Waals surface area (Å²) in [6.07, 6.45) is 0.531. The third-order valence-electron chi connectivity index (χ3n) is 4.19. The number of anilines is 2. The third-order valence-corrected chi connectivity index (χ3v) is 5.28. The number of nitrogens with zero attached hydrogens (tertiary/aromatic N) is 3. The van der Waals surface area contributed by atoms with E-state index in [0.29, 0.717) is 22.7 Å². The summed E-state index contributed by atoms with van der Waals surface area (Å²) in [7, 11) is 0. The minimum Gasteiger partial charge on any atom is -0.292 e. The molecule has 0 spiro atoms. The van der Waals surface area contributed by atoms with Gasteiger partial charge in [0.25, 0.3) is 5.91 Å². The lowest BCUT2D eigenvalue weighted by Crippen LogP contribution is -2.45. The first-order valence-electron chi connectivity index (χ1n) is 7.99. The van der Waals surface area contributed by atoms with Crippen molar-refractivity contribution < 1.29 is 14.4 Å². The van der Waals surface area contributed by atoms with Gasteiger partial charge in [-0.25, -0.2) is 15.0 Å². The molecule has 0 saturated carbocycles. The molecule has 8 heteroatoms. The molecular formula is C19H12ClN3O3S. The summed E-state index contributed by atoms with van der Waals surface area (Å²) in [4.78, 5) is 42.7. The van der Waals surface area contributed by atoms with Crippen LogP contribution < -0.4 is 10.0 Å². The first-order valence-corrected chi connectivity index (χ1v) is 9.25. The molecular weight excluding hydrogens is 386 g/mol. The Morgan fingerprint density at radius 1 is 1.15 bits per heavy atom. The van der Waals surface area contributed by atoms with Crippen LogP contribution >= 0.6 is 22.9 Å². The molecule has 2 amide bonds. The second-order valence-electron chi connectivity index (χ2n) is 5.75. The SMILES string of the molecule is O=CN(c1ccccc1)N1C(=O)C(C(=O)c2cccs2)c2nc(Cl)ccc21. The molecule has 3 heterocycles. The number of Topliss-reactive ketones (excluding diaryl/α,β-unsaturated/α-hetero) is 1. The number of carbonyl (C=O) groups is 3. The fraction of sp³-hybridized carbons (Fsp3) is 0.0526. The van der Waals surface area contributed by atoms with Gasteiger partial charge >= 0.3 is 0 Å². The van der Waals surface area contributed by atoms with E-state index in [1.807, 2.05) is 0 Å². The van der Waals surface area contributed by atoms with Gasteiger partial charge in [-0.1, -0.05) is 35.9 Å². The minimum absolute atomic E-state index is 0.171. The lowest BCUT2D eigenvalue weighted by Gasteiger charge is -2.28. The number of ketones is 1. The highest BCUT2D eigenvalue weighted by atomic mass is 35.5. The van der Waals surface area contributed by atoms with Crippen molar-refractivity contribution in [2.24, 2.45) is 0 Å². The minimum atomic E-state index is -1.15. The van der Waals surface area contributed by atoms with Gasteiger partial charge in [-0.2, -0.15) is 0 Å². The largest absolute Gasteiger partial charge is 0.292 e. The standard InChI is InChI=1S/C19H12ClN3O3S/c20-15-9-8-13-17(21-15)16(18(25)14-7-4-10-27-14)19(26)23(13)22(11-24)12-5-2-1-3-6-12/h1-11,16H. The van der Waals surface area contributed by atoms with Crippen molar-refractivity contribution in [3.8, 4) is 0 Å². The van der Waals surface area contributed by atoms with Crippen molar-refractivity contribution in [3.05, 3.63) is 75.7 Å². The van der Waals surface area contributed by atoms with Gasteiger partial charge in [0.05, 0.1) is 21.9 Å². The van der Waals surface area contributed by atoms with E-state index < -0.39 is 11.8 Å². The summed E-state index contributed by atoms with van der Waals surface area (Å²) < 4.78 is 0. The van der Waals surface area contributed by atoms with E-state index in [9.17, 15) is 14.4 Å². The number of benzene rings is 1. The van der Waals surface area contributed by atoms with Crippen LogP contribution in [-0.4, -0.2) is 23.1 Å². The van der Waals surface area contributed by atoms with Gasteiger partial charge in [0.1, 0.15) is 11.1 Å². The highest BCUT2D eigenvalue weighted by Crippen LogP contribution is 2.40. The monoisotopic (exact) mass is 397 g/mol. The van der Waals surface area contributed by atoms with Gasteiger partial charge in [0.2, 0.25) is 6.41 Å². The molecule has 1 atom stereocenters. The van der Waals surface area contributed by atoms with Crippen LogP contribution in [0.5, 0.6) is 0 Å². The lowest BCUT2D eigenvalue weighted by atomic mass is 10.00. The van der Waals surface area contributed by atoms with E-state index in [1.165, 1.54) is 27.4 Å². The Kier molecular flexibility index (Phi) is 4.47. The number of amides is 2. The molecule has 0 N–H and O–H groups in total. The third kappa shape index (κ3) is 2.90. The van der Waals surface area contributed by atoms with Crippen LogP contribution in [0, 0.1) is 0 Å². The van der Waals surface area contributed by atoms with Crippen LogP contribution in [0.1, 0.15) is 21.3 Å². The average molecular weight is 398 g/mol. The number of fused-ring (bicyclic) bond motifs is 1. The van der Waals surface area contributed by atoms with Crippen molar-refractivity contribution in [1.29, 1.82) is 0 Å². The highest BCUT2D eigenvalue weighted by molar-refractivity contribution is 7.12. The van der Waals surface area contributed by atoms with Gasteiger partial charge in [-0.05, 0) is 35.7 Å². The summed E-state index contributed by atoms with van der Waals surface area (Å²) in [6.45, 7) is 0. The normalized spacial score (nSPS) is 15.5. The Morgan fingerprint density at radius 2 is 1.93 bits per heavy atom. The first-order chi connectivity index (χ1) is 13.1. The fourth-order valence-corrected chi connectivity index (χ4v) is 3.86. The number of aromatic nitrogens is 1. The average Bonchev–Trinajstić information content (AvgIpc) is 3.30. The molecule has 1 unspecified atom stereocenters. The van der Waals surface area contributed by atoms with Crippen LogP contribution in [0.15, 0.2) is 60.0 Å². The van der Waals surface area contributed by atoms with Crippen LogP contribution in [0.4, 0.5) is 11.4 Å². The van der Waals surface area contributed by atoms with Crippen molar-refractivity contribution >= 4 is 52.4 Å². The maximum Gasteiger partial charge on any atom is 0.263 e. The predicted octanol–water partition coefficient (Wildman–Crippen LogP) is 3.69. The Labute approximate surface area is 163 Å².